The second kappa shape index (κ2) is 5.02. The van der Waals surface area contributed by atoms with E-state index >= 15 is 0 Å². The summed E-state index contributed by atoms with van der Waals surface area (Å²) < 4.78 is 2.08. The summed E-state index contributed by atoms with van der Waals surface area (Å²) in [6.07, 6.45) is 0. The summed E-state index contributed by atoms with van der Waals surface area (Å²) in [6.45, 7) is 0. The van der Waals surface area contributed by atoms with Crippen LogP contribution in [-0.2, 0) is 5.75 Å². The number of amidine groups is 1. The summed E-state index contributed by atoms with van der Waals surface area (Å²) in [5.74, 6) is 0.706. The summed E-state index contributed by atoms with van der Waals surface area (Å²) in [6, 6.07) is 5.90. The van der Waals surface area contributed by atoms with Crippen LogP contribution in [0.3, 0.4) is 0 Å². The molecule has 0 aliphatic rings. The molecule has 5 heteroatoms. The predicted molar refractivity (Wildman–Crippen MR) is 65.1 cm³/mol. The lowest BCUT2D eigenvalue weighted by molar-refractivity contribution is 1.35. The highest BCUT2D eigenvalue weighted by Gasteiger charge is 2.04. The van der Waals surface area contributed by atoms with Gasteiger partial charge in [0.25, 0.3) is 0 Å². The first-order valence-corrected chi connectivity index (χ1v) is 6.08. The molecule has 3 N–H and O–H groups in total. The Morgan fingerprint density at radius 3 is 2.38 bits per heavy atom. The van der Waals surface area contributed by atoms with Crippen molar-refractivity contribution in [2.75, 3.05) is 0 Å². The molecule has 0 heterocycles. The summed E-state index contributed by atoms with van der Waals surface area (Å²) in [4.78, 5) is 0. The van der Waals surface area contributed by atoms with E-state index in [0.717, 1.165) is 14.5 Å². The highest BCUT2D eigenvalue weighted by molar-refractivity contribution is 9.11. The molecule has 0 spiro atoms. The first-order valence-electron chi connectivity index (χ1n) is 3.51. The molecule has 2 nitrogen and oxygen atoms in total. The largest absolute Gasteiger partial charge is 0.379 e. The molecule has 0 aliphatic carbocycles. The number of hydrogen-bond acceptors (Lipinski definition) is 2. The van der Waals surface area contributed by atoms with Crippen LogP contribution < -0.4 is 5.73 Å². The molecule has 1 rings (SSSR count). The van der Waals surface area contributed by atoms with Gasteiger partial charge in [-0.1, -0.05) is 49.7 Å². The molecule has 0 bridgehead atoms. The lowest BCUT2D eigenvalue weighted by Crippen LogP contribution is -2.04. The van der Waals surface area contributed by atoms with Gasteiger partial charge < -0.3 is 5.73 Å². The molecule has 0 saturated carbocycles. The average Bonchev–Trinajstić information content (AvgIpc) is 2.03. The van der Waals surface area contributed by atoms with Gasteiger partial charge in [0.05, 0.1) is 0 Å². The van der Waals surface area contributed by atoms with E-state index in [1.54, 1.807) is 0 Å². The van der Waals surface area contributed by atoms with Crippen molar-refractivity contribution in [2.45, 2.75) is 5.75 Å². The second-order valence-corrected chi connectivity index (χ2v) is 5.08. The first kappa shape index (κ1) is 11.1. The van der Waals surface area contributed by atoms with E-state index in [-0.39, 0.29) is 5.17 Å². The van der Waals surface area contributed by atoms with Gasteiger partial charge in [-0.2, -0.15) is 0 Å². The van der Waals surface area contributed by atoms with Crippen LogP contribution in [0.25, 0.3) is 0 Å². The molecule has 0 atom stereocenters. The van der Waals surface area contributed by atoms with Crippen LogP contribution in [0.2, 0.25) is 0 Å². The lowest BCUT2D eigenvalue weighted by Gasteiger charge is -2.05. The predicted octanol–water partition coefficient (Wildman–Crippen LogP) is 3.34. The molecule has 70 valence electrons. The van der Waals surface area contributed by atoms with Gasteiger partial charge in [-0.25, -0.2) is 0 Å². The number of nitrogens with one attached hydrogen (secondary N) is 1. The molecule has 1 aromatic rings. The van der Waals surface area contributed by atoms with Crippen molar-refractivity contribution in [3.05, 3.63) is 32.7 Å². The smallest absolute Gasteiger partial charge is 0.151 e. The minimum Gasteiger partial charge on any atom is -0.379 e. The van der Waals surface area contributed by atoms with Gasteiger partial charge >= 0.3 is 0 Å². The van der Waals surface area contributed by atoms with Crippen LogP contribution in [0.4, 0.5) is 0 Å². The standard InChI is InChI=1S/C8H8Br2N2S/c9-6-2-1-3-7(10)5(6)4-13-8(11)12/h1-3H,4H2,(H3,11,12). The summed E-state index contributed by atoms with van der Waals surface area (Å²) in [5.41, 5.74) is 6.38. The number of benzene rings is 1. The van der Waals surface area contributed by atoms with E-state index in [9.17, 15) is 0 Å². The maximum Gasteiger partial charge on any atom is 0.151 e. The van der Waals surface area contributed by atoms with E-state index in [4.69, 9.17) is 11.1 Å². The first-order chi connectivity index (χ1) is 6.11. The van der Waals surface area contributed by atoms with Crippen LogP contribution >= 0.6 is 43.6 Å². The third-order valence-electron chi connectivity index (χ3n) is 1.43. The fourth-order valence-corrected chi connectivity index (χ4v) is 3.08. The Kier molecular flexibility index (Phi) is 4.28. The van der Waals surface area contributed by atoms with Crippen LogP contribution in [0.1, 0.15) is 5.56 Å². The Morgan fingerprint density at radius 2 is 1.92 bits per heavy atom. The van der Waals surface area contributed by atoms with Gasteiger partial charge in [-0.15, -0.1) is 0 Å². The van der Waals surface area contributed by atoms with Crippen molar-refractivity contribution in [3.63, 3.8) is 0 Å². The fourth-order valence-electron chi connectivity index (χ4n) is 0.820. The average molecular weight is 324 g/mol. The Labute approximate surface area is 98.0 Å². The minimum atomic E-state index is 0.141. The molecule has 0 radical (unpaired) electrons. The Morgan fingerprint density at radius 1 is 1.38 bits per heavy atom. The highest BCUT2D eigenvalue weighted by Crippen LogP contribution is 2.28. The zero-order valence-electron chi connectivity index (χ0n) is 6.68. The normalized spacial score (nSPS) is 10.0. The van der Waals surface area contributed by atoms with Crippen molar-refractivity contribution in [1.82, 2.24) is 0 Å². The second-order valence-electron chi connectivity index (χ2n) is 2.35. The van der Waals surface area contributed by atoms with Crippen LogP contribution in [-0.4, -0.2) is 5.17 Å². The van der Waals surface area contributed by atoms with Gasteiger partial charge in [0.15, 0.2) is 5.17 Å². The summed E-state index contributed by atoms with van der Waals surface area (Å²) in [5, 5.41) is 7.24. The fraction of sp³-hybridized carbons (Fsp3) is 0.125. The number of halogens is 2. The van der Waals surface area contributed by atoms with E-state index in [1.807, 2.05) is 18.2 Å². The Balaban J connectivity index is 2.81. The molecule has 0 amide bonds. The zero-order chi connectivity index (χ0) is 9.84. The molecular weight excluding hydrogens is 316 g/mol. The molecule has 0 aliphatic heterocycles. The molecular formula is C8H8Br2N2S. The molecule has 0 aromatic heterocycles. The van der Waals surface area contributed by atoms with E-state index in [0.29, 0.717) is 5.75 Å². The molecule has 0 saturated heterocycles. The minimum absolute atomic E-state index is 0.141. The van der Waals surface area contributed by atoms with Crippen LogP contribution in [0.5, 0.6) is 0 Å². The van der Waals surface area contributed by atoms with Gasteiger partial charge in [0, 0.05) is 14.7 Å². The lowest BCUT2D eigenvalue weighted by atomic mass is 10.2. The van der Waals surface area contributed by atoms with Crippen molar-refractivity contribution in [1.29, 1.82) is 5.41 Å². The van der Waals surface area contributed by atoms with E-state index < -0.39 is 0 Å². The van der Waals surface area contributed by atoms with Gasteiger partial charge in [-0.3, -0.25) is 5.41 Å². The quantitative estimate of drug-likeness (QED) is 0.648. The maximum atomic E-state index is 7.09. The number of nitrogens with two attached hydrogens (primary N) is 1. The topological polar surface area (TPSA) is 49.9 Å². The molecule has 1 aromatic carbocycles. The van der Waals surface area contributed by atoms with Crippen LogP contribution in [0, 0.1) is 5.41 Å². The zero-order valence-corrected chi connectivity index (χ0v) is 10.7. The molecule has 0 fully saturated rings. The number of rotatable bonds is 2. The SMILES string of the molecule is N=C(N)SCc1c(Br)cccc1Br. The van der Waals surface area contributed by atoms with Crippen molar-refractivity contribution in [2.24, 2.45) is 5.73 Å². The third-order valence-corrected chi connectivity index (χ3v) is 3.66. The number of hydrogen-bond donors (Lipinski definition) is 2. The third kappa shape index (κ3) is 3.32. The summed E-state index contributed by atoms with van der Waals surface area (Å²) in [7, 11) is 0. The maximum absolute atomic E-state index is 7.09. The van der Waals surface area contributed by atoms with Crippen molar-refractivity contribution < 1.29 is 0 Å². The van der Waals surface area contributed by atoms with E-state index in [1.165, 1.54) is 11.8 Å². The van der Waals surface area contributed by atoms with Crippen molar-refractivity contribution in [3.8, 4) is 0 Å². The number of thioether (sulfide) groups is 1. The molecule has 13 heavy (non-hydrogen) atoms. The highest BCUT2D eigenvalue weighted by atomic mass is 79.9. The van der Waals surface area contributed by atoms with Crippen molar-refractivity contribution >= 4 is 48.8 Å². The van der Waals surface area contributed by atoms with Gasteiger partial charge in [-0.05, 0) is 17.7 Å². The van der Waals surface area contributed by atoms with Crippen LogP contribution in [0.15, 0.2) is 27.1 Å². The van der Waals surface area contributed by atoms with E-state index in [2.05, 4.69) is 31.9 Å². The van der Waals surface area contributed by atoms with Gasteiger partial charge in [0.2, 0.25) is 0 Å². The summed E-state index contributed by atoms with van der Waals surface area (Å²) >= 11 is 8.20. The Hall–Kier alpha value is -0.000000000000000111. The Bertz CT molecular complexity index is 308. The molecule has 0 unspecified atom stereocenters. The monoisotopic (exact) mass is 322 g/mol. The van der Waals surface area contributed by atoms with Gasteiger partial charge in [0.1, 0.15) is 0 Å².